The van der Waals surface area contributed by atoms with Crippen molar-refractivity contribution in [3.63, 3.8) is 0 Å². The summed E-state index contributed by atoms with van der Waals surface area (Å²) in [6, 6.07) is 24.8. The Morgan fingerprint density at radius 1 is 1.00 bits per heavy atom. The van der Waals surface area contributed by atoms with Crippen LogP contribution in [0, 0.1) is 17.8 Å². The van der Waals surface area contributed by atoms with E-state index < -0.39 is 0 Å². The molecule has 2 amide bonds. The molecule has 3 aromatic rings. The predicted octanol–water partition coefficient (Wildman–Crippen LogP) is 7.02. The number of fused-ring (bicyclic) bond motifs is 3. The molecule has 198 valence electrons. The first kappa shape index (κ1) is 25.8. The summed E-state index contributed by atoms with van der Waals surface area (Å²) in [5.41, 5.74) is 5.96. The second-order valence-corrected chi connectivity index (χ2v) is 11.5. The third-order valence-corrected chi connectivity index (χ3v) is 8.80. The van der Waals surface area contributed by atoms with E-state index in [-0.39, 0.29) is 41.4 Å². The third-order valence-electron chi connectivity index (χ3n) is 8.31. The summed E-state index contributed by atoms with van der Waals surface area (Å²) in [6.07, 6.45) is 4.02. The molecule has 0 aromatic heterocycles. The number of hydrogen-bond acceptors (Lipinski definition) is 4. The molecule has 0 spiro atoms. The number of para-hydroxylation sites is 1. The molecular formula is C33H30BrNO4. The van der Waals surface area contributed by atoms with Gasteiger partial charge in [0.05, 0.1) is 30.2 Å². The molecule has 3 aromatic carbocycles. The number of rotatable bonds is 6. The number of amides is 2. The van der Waals surface area contributed by atoms with Crippen molar-refractivity contribution in [1.82, 2.24) is 0 Å². The number of anilines is 1. The van der Waals surface area contributed by atoms with Crippen LogP contribution < -0.4 is 4.90 Å². The highest BCUT2D eigenvalue weighted by atomic mass is 79.9. The minimum Gasteiger partial charge on any atom is -0.507 e. The van der Waals surface area contributed by atoms with Crippen LogP contribution in [0.15, 0.2) is 94.5 Å². The number of phenols is 1. The van der Waals surface area contributed by atoms with E-state index in [1.54, 1.807) is 6.07 Å². The lowest BCUT2D eigenvalue weighted by molar-refractivity contribution is -0.122. The van der Waals surface area contributed by atoms with Crippen LogP contribution in [0.3, 0.4) is 0 Å². The zero-order valence-electron chi connectivity index (χ0n) is 21.7. The molecule has 4 atom stereocenters. The molecule has 0 bridgehead atoms. The average molecular weight is 585 g/mol. The Labute approximate surface area is 236 Å². The van der Waals surface area contributed by atoms with E-state index in [0.29, 0.717) is 18.7 Å². The fourth-order valence-corrected chi connectivity index (χ4v) is 6.91. The first-order valence-corrected chi connectivity index (χ1v) is 14.2. The minimum absolute atomic E-state index is 0.0720. The van der Waals surface area contributed by atoms with E-state index in [4.69, 9.17) is 4.74 Å². The fraction of sp³-hybridized carbons (Fsp3) is 0.273. The summed E-state index contributed by atoms with van der Waals surface area (Å²) in [6.45, 7) is 2.55. The number of carbonyl (C=O) groups is 2. The van der Waals surface area contributed by atoms with Gasteiger partial charge in [-0.15, -0.1) is 0 Å². The maximum atomic E-state index is 13.6. The highest BCUT2D eigenvalue weighted by Crippen LogP contribution is 2.50. The largest absolute Gasteiger partial charge is 0.507 e. The van der Waals surface area contributed by atoms with Crippen molar-refractivity contribution in [1.29, 1.82) is 0 Å². The van der Waals surface area contributed by atoms with Crippen molar-refractivity contribution in [3.05, 3.63) is 106 Å². The zero-order valence-corrected chi connectivity index (χ0v) is 23.3. The summed E-state index contributed by atoms with van der Waals surface area (Å²) in [5, 5.41) is 10.5. The number of nitrogens with zero attached hydrogens (tertiary/aromatic N) is 1. The molecule has 0 saturated carbocycles. The van der Waals surface area contributed by atoms with Crippen molar-refractivity contribution < 1.29 is 19.4 Å². The lowest BCUT2D eigenvalue weighted by atomic mass is 9.70. The summed E-state index contributed by atoms with van der Waals surface area (Å²) >= 11 is 3.51. The summed E-state index contributed by atoms with van der Waals surface area (Å²) < 4.78 is 7.26. The summed E-state index contributed by atoms with van der Waals surface area (Å²) in [5.74, 6) is -0.742. The molecule has 0 unspecified atom stereocenters. The molecule has 6 rings (SSSR count). The van der Waals surface area contributed by atoms with E-state index >= 15 is 0 Å². The van der Waals surface area contributed by atoms with E-state index in [1.165, 1.54) is 16.0 Å². The lowest BCUT2D eigenvalue weighted by Gasteiger charge is -2.30. The number of imide groups is 1. The van der Waals surface area contributed by atoms with Crippen LogP contribution >= 0.6 is 15.9 Å². The van der Waals surface area contributed by atoms with Crippen molar-refractivity contribution in [3.8, 4) is 5.75 Å². The molecule has 1 aliphatic carbocycles. The maximum absolute atomic E-state index is 13.6. The zero-order chi connectivity index (χ0) is 27.1. The Kier molecular flexibility index (Phi) is 7.00. The monoisotopic (exact) mass is 583 g/mol. The van der Waals surface area contributed by atoms with Gasteiger partial charge in [0.15, 0.2) is 0 Å². The maximum Gasteiger partial charge on any atom is 0.238 e. The van der Waals surface area contributed by atoms with Crippen LogP contribution in [0.25, 0.3) is 11.6 Å². The average Bonchev–Trinajstić information content (AvgIpc) is 3.48. The van der Waals surface area contributed by atoms with Gasteiger partial charge < -0.3 is 9.84 Å². The van der Waals surface area contributed by atoms with Crippen LogP contribution in [-0.2, 0) is 14.3 Å². The van der Waals surface area contributed by atoms with Crippen LogP contribution in [0.2, 0.25) is 0 Å². The molecule has 2 heterocycles. The molecule has 2 fully saturated rings. The van der Waals surface area contributed by atoms with Gasteiger partial charge in [0.25, 0.3) is 0 Å². The summed E-state index contributed by atoms with van der Waals surface area (Å²) in [4.78, 5) is 28.4. The Bertz CT molecular complexity index is 1480. The quantitative estimate of drug-likeness (QED) is 0.192. The van der Waals surface area contributed by atoms with E-state index in [1.807, 2.05) is 66.7 Å². The van der Waals surface area contributed by atoms with Crippen molar-refractivity contribution in [2.24, 2.45) is 17.8 Å². The van der Waals surface area contributed by atoms with Gasteiger partial charge >= 0.3 is 0 Å². The highest BCUT2D eigenvalue weighted by Gasteiger charge is 2.56. The number of benzene rings is 3. The molecular weight excluding hydrogens is 554 g/mol. The normalized spacial score (nSPS) is 24.8. The van der Waals surface area contributed by atoms with Gasteiger partial charge in [0.2, 0.25) is 11.8 Å². The molecule has 2 saturated heterocycles. The first-order chi connectivity index (χ1) is 18.9. The SMILES string of the molecule is CC1=C2[C@@H](CC/C(=C/c3cc(Br)ccc3O)c3ccccc3)OC[C@@H]2[C@@H]2C(=O)N(c3ccccc3)C(=O)[C@@H]2C1. The second kappa shape index (κ2) is 10.6. The Morgan fingerprint density at radius 2 is 1.72 bits per heavy atom. The highest BCUT2D eigenvalue weighted by molar-refractivity contribution is 9.10. The third kappa shape index (κ3) is 4.77. The van der Waals surface area contributed by atoms with Crippen LogP contribution in [-0.4, -0.2) is 29.6 Å². The van der Waals surface area contributed by atoms with E-state index in [9.17, 15) is 14.7 Å². The predicted molar refractivity (Wildman–Crippen MR) is 156 cm³/mol. The first-order valence-electron chi connectivity index (χ1n) is 13.4. The van der Waals surface area contributed by atoms with Gasteiger partial charge in [-0.05, 0) is 79.3 Å². The number of hydrogen-bond donors (Lipinski definition) is 1. The minimum atomic E-state index is -0.371. The molecule has 1 N–H and O–H groups in total. The van der Waals surface area contributed by atoms with Gasteiger partial charge in [-0.1, -0.05) is 70.0 Å². The Hall–Kier alpha value is -3.48. The van der Waals surface area contributed by atoms with Gasteiger partial charge in [-0.25, -0.2) is 0 Å². The van der Waals surface area contributed by atoms with Crippen LogP contribution in [0.1, 0.15) is 37.3 Å². The lowest BCUT2D eigenvalue weighted by Crippen LogP contribution is -2.34. The number of phenolic OH excluding ortho intramolecular Hbond substituents is 1. The van der Waals surface area contributed by atoms with Crippen LogP contribution in [0.4, 0.5) is 5.69 Å². The number of ether oxygens (including phenoxy) is 1. The number of aromatic hydroxyl groups is 1. The summed E-state index contributed by atoms with van der Waals surface area (Å²) in [7, 11) is 0. The standard InChI is InChI=1S/C33H30BrNO4/c1-20-16-26-31(33(38)35(32(26)37)25-10-6-3-7-11-25)27-19-39-29(30(20)27)15-12-22(21-8-4-2-5-9-21)17-23-18-24(34)13-14-28(23)36/h2-11,13-14,17-18,26-27,29,31,36H,12,15-16,19H2,1H3/b22-17-/t26-,27+,29-,31-/m1/s1. The number of halogens is 1. The van der Waals surface area contributed by atoms with Gasteiger partial charge in [0, 0.05) is 16.0 Å². The van der Waals surface area contributed by atoms with E-state index in [2.05, 4.69) is 35.0 Å². The van der Waals surface area contributed by atoms with E-state index in [0.717, 1.165) is 34.0 Å². The number of carbonyl (C=O) groups excluding carboxylic acids is 2. The Morgan fingerprint density at radius 3 is 2.46 bits per heavy atom. The molecule has 6 heteroatoms. The molecule has 5 nitrogen and oxygen atoms in total. The van der Waals surface area contributed by atoms with Gasteiger partial charge in [0.1, 0.15) is 5.75 Å². The Balaban J connectivity index is 1.26. The molecule has 39 heavy (non-hydrogen) atoms. The molecule has 2 aliphatic heterocycles. The topological polar surface area (TPSA) is 66.8 Å². The fourth-order valence-electron chi connectivity index (χ4n) is 6.53. The van der Waals surface area contributed by atoms with Crippen molar-refractivity contribution >= 4 is 45.1 Å². The van der Waals surface area contributed by atoms with Crippen molar-refractivity contribution in [2.75, 3.05) is 11.5 Å². The second-order valence-electron chi connectivity index (χ2n) is 10.6. The smallest absolute Gasteiger partial charge is 0.238 e. The number of allylic oxidation sites excluding steroid dienone is 2. The molecule has 3 aliphatic rings. The van der Waals surface area contributed by atoms with Crippen molar-refractivity contribution in [2.45, 2.75) is 32.3 Å². The molecule has 0 radical (unpaired) electrons. The van der Waals surface area contributed by atoms with Gasteiger partial charge in [-0.3, -0.25) is 14.5 Å². The van der Waals surface area contributed by atoms with Crippen LogP contribution in [0.5, 0.6) is 5.75 Å². The van der Waals surface area contributed by atoms with Gasteiger partial charge in [-0.2, -0.15) is 0 Å².